The normalized spacial score (nSPS) is 14.2. The zero-order valence-electron chi connectivity index (χ0n) is 27.3. The molecule has 0 heterocycles. The molecule has 2 unspecified atom stereocenters. The van der Waals surface area contributed by atoms with Gasteiger partial charge in [-0.05, 0) is 57.8 Å². The highest BCUT2D eigenvalue weighted by Gasteiger charge is 2.26. The monoisotopic (exact) mass is 621 g/mol. The van der Waals surface area contributed by atoms with Crippen molar-refractivity contribution >= 4 is 16.0 Å². The van der Waals surface area contributed by atoms with E-state index in [9.17, 15) is 22.9 Å². The first kappa shape index (κ1) is 41.0. The Morgan fingerprint density at radius 2 is 1.12 bits per heavy atom. The first-order valence-electron chi connectivity index (χ1n) is 17.0. The Morgan fingerprint density at radius 1 is 0.651 bits per heavy atom. The molecule has 0 saturated carbocycles. The van der Waals surface area contributed by atoms with Crippen LogP contribution in [-0.2, 0) is 14.9 Å². The maximum Gasteiger partial charge on any atom is 0.266 e. The summed E-state index contributed by atoms with van der Waals surface area (Å²) in [4.78, 5) is 12.4. The van der Waals surface area contributed by atoms with Gasteiger partial charge in [0, 0.05) is 6.42 Å². The van der Waals surface area contributed by atoms with Gasteiger partial charge in [0.15, 0.2) is 0 Å². The molecule has 0 aromatic heterocycles. The predicted octanol–water partition coefficient (Wildman–Crippen LogP) is 9.34. The van der Waals surface area contributed by atoms with E-state index in [0.717, 1.165) is 70.6 Å². The topological polar surface area (TPSA) is 104 Å². The minimum absolute atomic E-state index is 0.276. The SMILES string of the molecule is CC/C=C\C/C=C\C/C=C\C/C=C\C/C=C\CCCCCC(=O)NC(CS(=O)(=O)O)C(O)CCCCCCCCCCC. The molecule has 0 aliphatic heterocycles. The van der Waals surface area contributed by atoms with Crippen LogP contribution in [0.1, 0.15) is 142 Å². The molecule has 0 aromatic rings. The number of nitrogens with one attached hydrogen (secondary N) is 1. The molecule has 0 bridgehead atoms. The van der Waals surface area contributed by atoms with Crippen LogP contribution in [0, 0.1) is 0 Å². The smallest absolute Gasteiger partial charge is 0.266 e. The summed E-state index contributed by atoms with van der Waals surface area (Å²) in [6, 6.07) is -0.988. The molecule has 0 aliphatic carbocycles. The number of unbranched alkanes of at least 4 members (excludes halogenated alkanes) is 11. The summed E-state index contributed by atoms with van der Waals surface area (Å²) >= 11 is 0. The molecule has 43 heavy (non-hydrogen) atoms. The van der Waals surface area contributed by atoms with E-state index in [1.54, 1.807) is 0 Å². The lowest BCUT2D eigenvalue weighted by Gasteiger charge is -2.23. The van der Waals surface area contributed by atoms with E-state index in [0.29, 0.717) is 12.8 Å². The summed E-state index contributed by atoms with van der Waals surface area (Å²) in [5, 5.41) is 13.2. The molecule has 0 rings (SSSR count). The van der Waals surface area contributed by atoms with E-state index in [-0.39, 0.29) is 12.3 Å². The van der Waals surface area contributed by atoms with Crippen LogP contribution in [0.25, 0.3) is 0 Å². The largest absolute Gasteiger partial charge is 0.391 e. The maximum absolute atomic E-state index is 12.4. The van der Waals surface area contributed by atoms with Crippen molar-refractivity contribution in [1.29, 1.82) is 0 Å². The molecular weight excluding hydrogens is 558 g/mol. The number of carbonyl (C=O) groups excluding carboxylic acids is 1. The molecule has 0 fully saturated rings. The first-order valence-corrected chi connectivity index (χ1v) is 18.6. The lowest BCUT2D eigenvalue weighted by molar-refractivity contribution is -0.122. The number of hydrogen-bond acceptors (Lipinski definition) is 4. The Balaban J connectivity index is 4.04. The van der Waals surface area contributed by atoms with Crippen molar-refractivity contribution < 1.29 is 22.9 Å². The van der Waals surface area contributed by atoms with E-state index >= 15 is 0 Å². The fraction of sp³-hybridized carbons (Fsp3) is 0.694. The Morgan fingerprint density at radius 3 is 1.63 bits per heavy atom. The molecule has 0 radical (unpaired) electrons. The van der Waals surface area contributed by atoms with Gasteiger partial charge in [0.25, 0.3) is 10.1 Å². The zero-order chi connectivity index (χ0) is 31.9. The molecule has 248 valence electrons. The lowest BCUT2D eigenvalue weighted by atomic mass is 10.0. The summed E-state index contributed by atoms with van der Waals surface area (Å²) in [5.41, 5.74) is 0. The highest BCUT2D eigenvalue weighted by atomic mass is 32.2. The number of hydrogen-bond donors (Lipinski definition) is 3. The van der Waals surface area contributed by atoms with Crippen molar-refractivity contribution in [3.63, 3.8) is 0 Å². The van der Waals surface area contributed by atoms with Crippen LogP contribution in [0.15, 0.2) is 60.8 Å². The third-order valence-electron chi connectivity index (χ3n) is 7.24. The minimum Gasteiger partial charge on any atom is -0.391 e. The second-order valence-corrected chi connectivity index (χ2v) is 12.9. The molecule has 0 aromatic carbocycles. The summed E-state index contributed by atoms with van der Waals surface area (Å²) in [5.74, 6) is -0.948. The number of allylic oxidation sites excluding steroid dienone is 10. The average molecular weight is 622 g/mol. The zero-order valence-corrected chi connectivity index (χ0v) is 28.1. The van der Waals surface area contributed by atoms with Gasteiger partial charge in [-0.3, -0.25) is 9.35 Å². The summed E-state index contributed by atoms with van der Waals surface area (Å²) in [6.45, 7) is 4.35. The third kappa shape index (κ3) is 31.3. The molecule has 0 saturated heterocycles. The van der Waals surface area contributed by atoms with E-state index < -0.39 is 28.0 Å². The molecule has 3 N–H and O–H groups in total. The van der Waals surface area contributed by atoms with Gasteiger partial charge in [-0.2, -0.15) is 8.42 Å². The van der Waals surface area contributed by atoms with Crippen LogP contribution in [0.5, 0.6) is 0 Å². The highest BCUT2D eigenvalue weighted by molar-refractivity contribution is 7.85. The average Bonchev–Trinajstić information content (AvgIpc) is 2.96. The maximum atomic E-state index is 12.4. The van der Waals surface area contributed by atoms with Crippen molar-refractivity contribution in [2.45, 2.75) is 154 Å². The van der Waals surface area contributed by atoms with Crippen molar-refractivity contribution in [3.05, 3.63) is 60.8 Å². The number of aliphatic hydroxyl groups excluding tert-OH is 1. The van der Waals surface area contributed by atoms with Crippen LogP contribution >= 0.6 is 0 Å². The number of rotatable bonds is 29. The highest BCUT2D eigenvalue weighted by Crippen LogP contribution is 2.14. The molecule has 7 heteroatoms. The van der Waals surface area contributed by atoms with Crippen LogP contribution in [-0.4, -0.2) is 41.9 Å². The fourth-order valence-electron chi connectivity index (χ4n) is 4.71. The van der Waals surface area contributed by atoms with E-state index in [4.69, 9.17) is 0 Å². The van der Waals surface area contributed by atoms with Gasteiger partial charge < -0.3 is 10.4 Å². The van der Waals surface area contributed by atoms with Gasteiger partial charge in [-0.25, -0.2) is 0 Å². The number of carbonyl (C=O) groups is 1. The van der Waals surface area contributed by atoms with Gasteiger partial charge in [0.2, 0.25) is 5.91 Å². The molecule has 1 amide bonds. The van der Waals surface area contributed by atoms with Gasteiger partial charge in [-0.1, -0.05) is 139 Å². The number of aliphatic hydroxyl groups is 1. The third-order valence-corrected chi connectivity index (χ3v) is 8.02. The minimum atomic E-state index is -4.31. The summed E-state index contributed by atoms with van der Waals surface area (Å²) in [6.07, 6.45) is 40.3. The standard InChI is InChI=1S/C36H63NO5S/c1-3-5-7-9-11-13-14-15-16-17-18-19-20-21-22-24-26-28-30-32-36(39)37-34(33-43(40,41)42)35(38)31-29-27-25-23-12-10-8-6-4-2/h5,7,11,13,15-16,18-19,21-22,34-35,38H,3-4,6,8-10,12,14,17,20,23-33H2,1-2H3,(H,37,39)(H,40,41,42)/b7-5-,13-11-,16-15-,19-18-,22-21-. The van der Waals surface area contributed by atoms with E-state index in [1.807, 2.05) is 0 Å². The fourth-order valence-corrected chi connectivity index (χ4v) is 5.47. The quantitative estimate of drug-likeness (QED) is 0.0439. The van der Waals surface area contributed by atoms with Gasteiger partial charge in [0.05, 0.1) is 17.9 Å². The second kappa shape index (κ2) is 30.1. The molecular formula is C36H63NO5S. The van der Waals surface area contributed by atoms with Gasteiger partial charge in [-0.15, -0.1) is 0 Å². The van der Waals surface area contributed by atoms with Gasteiger partial charge in [0.1, 0.15) is 0 Å². The van der Waals surface area contributed by atoms with Gasteiger partial charge >= 0.3 is 0 Å². The molecule has 0 spiro atoms. The van der Waals surface area contributed by atoms with E-state index in [1.165, 1.54) is 38.5 Å². The Hall–Kier alpha value is -1.96. The Labute approximate surface area is 264 Å². The van der Waals surface area contributed by atoms with E-state index in [2.05, 4.69) is 79.9 Å². The Bertz CT molecular complexity index is 905. The molecule has 0 aliphatic rings. The van der Waals surface area contributed by atoms with Crippen molar-refractivity contribution in [3.8, 4) is 0 Å². The lowest BCUT2D eigenvalue weighted by Crippen LogP contribution is -2.47. The van der Waals surface area contributed by atoms with Crippen LogP contribution in [0.3, 0.4) is 0 Å². The Kier molecular flexibility index (Phi) is 28.7. The predicted molar refractivity (Wildman–Crippen MR) is 184 cm³/mol. The van der Waals surface area contributed by atoms with Crippen molar-refractivity contribution in [1.82, 2.24) is 5.32 Å². The molecule has 6 nitrogen and oxygen atoms in total. The number of amides is 1. The second-order valence-electron chi connectivity index (χ2n) is 11.4. The summed E-state index contributed by atoms with van der Waals surface area (Å²) in [7, 11) is -4.31. The summed E-state index contributed by atoms with van der Waals surface area (Å²) < 4.78 is 32.3. The van der Waals surface area contributed by atoms with Crippen LogP contribution in [0.4, 0.5) is 0 Å². The molecule has 2 atom stereocenters. The van der Waals surface area contributed by atoms with Crippen molar-refractivity contribution in [2.24, 2.45) is 0 Å². The van der Waals surface area contributed by atoms with Crippen LogP contribution in [0.2, 0.25) is 0 Å². The van der Waals surface area contributed by atoms with Crippen molar-refractivity contribution in [2.75, 3.05) is 5.75 Å². The first-order chi connectivity index (χ1) is 20.8. The van der Waals surface area contributed by atoms with Crippen LogP contribution < -0.4 is 5.32 Å².